The Kier molecular flexibility index (Phi) is 8.99. The summed E-state index contributed by atoms with van der Waals surface area (Å²) in [6.45, 7) is 5.91. The SMILES string of the molecule is CCC(CC)O[C@@H]1C=C(C(=O)O)C[C@H](NCc2ccc(-c3cccs3)c(C#N)c2)[C@H]1NC(C)=O. The number of nitrogens with zero attached hydrogens (tertiary/aromatic N) is 1. The van der Waals surface area contributed by atoms with Gasteiger partial charge in [0.2, 0.25) is 5.91 Å². The van der Waals surface area contributed by atoms with E-state index < -0.39 is 18.1 Å². The topological polar surface area (TPSA) is 111 Å². The Hall–Kier alpha value is -2.99. The predicted octanol–water partition coefficient (Wildman–Crippen LogP) is 4.24. The van der Waals surface area contributed by atoms with Gasteiger partial charge in [0.25, 0.3) is 0 Å². The molecular weight excluding hydrogens is 450 g/mol. The summed E-state index contributed by atoms with van der Waals surface area (Å²) in [7, 11) is 0. The fourth-order valence-electron chi connectivity index (χ4n) is 4.25. The molecule has 0 unspecified atom stereocenters. The molecule has 0 saturated carbocycles. The average molecular weight is 482 g/mol. The first kappa shape index (κ1) is 25.6. The first-order chi connectivity index (χ1) is 16.4. The Bertz CT molecular complexity index is 1070. The molecule has 2 aromatic rings. The highest BCUT2D eigenvalue weighted by molar-refractivity contribution is 7.13. The minimum Gasteiger partial charge on any atom is -0.478 e. The summed E-state index contributed by atoms with van der Waals surface area (Å²) in [5, 5.41) is 27.7. The number of nitriles is 1. The molecular formula is C26H31N3O4S. The zero-order valence-corrected chi connectivity index (χ0v) is 20.5. The molecule has 0 bridgehead atoms. The van der Waals surface area contributed by atoms with Gasteiger partial charge in [0.15, 0.2) is 0 Å². The van der Waals surface area contributed by atoms with Crippen LogP contribution in [0.1, 0.15) is 51.2 Å². The van der Waals surface area contributed by atoms with Gasteiger partial charge in [-0.15, -0.1) is 11.3 Å². The number of carbonyl (C=O) groups excluding carboxylic acids is 1. The van der Waals surface area contributed by atoms with E-state index in [1.807, 2.05) is 49.6 Å². The largest absolute Gasteiger partial charge is 0.478 e. The number of nitrogens with one attached hydrogen (secondary N) is 2. The third-order valence-corrected chi connectivity index (χ3v) is 6.96. The fourth-order valence-corrected chi connectivity index (χ4v) is 5.02. The molecule has 180 valence electrons. The van der Waals surface area contributed by atoms with Gasteiger partial charge in [0.05, 0.1) is 29.9 Å². The first-order valence-corrected chi connectivity index (χ1v) is 12.4. The van der Waals surface area contributed by atoms with Crippen molar-refractivity contribution in [2.45, 2.75) is 70.9 Å². The Balaban J connectivity index is 1.83. The molecule has 7 nitrogen and oxygen atoms in total. The molecule has 1 aliphatic rings. The Morgan fingerprint density at radius 3 is 2.65 bits per heavy atom. The van der Waals surface area contributed by atoms with Crippen molar-refractivity contribution in [1.82, 2.24) is 10.6 Å². The van der Waals surface area contributed by atoms with E-state index in [4.69, 9.17) is 4.74 Å². The molecule has 3 atom stereocenters. The molecule has 0 saturated heterocycles. The molecule has 0 spiro atoms. The Labute approximate surface area is 204 Å². The van der Waals surface area contributed by atoms with Crippen LogP contribution in [-0.4, -0.2) is 41.3 Å². The lowest BCUT2D eigenvalue weighted by molar-refractivity contribution is -0.133. The minimum absolute atomic E-state index is 0.0331. The summed E-state index contributed by atoms with van der Waals surface area (Å²) < 4.78 is 6.22. The van der Waals surface area contributed by atoms with Crippen LogP contribution in [0, 0.1) is 11.3 Å². The van der Waals surface area contributed by atoms with E-state index in [0.29, 0.717) is 12.1 Å². The zero-order valence-electron chi connectivity index (χ0n) is 19.7. The van der Waals surface area contributed by atoms with Crippen LogP contribution in [0.4, 0.5) is 0 Å². The first-order valence-electron chi connectivity index (χ1n) is 11.5. The molecule has 3 N–H and O–H groups in total. The number of hydrogen-bond donors (Lipinski definition) is 3. The number of thiophene rings is 1. The van der Waals surface area contributed by atoms with Crippen LogP contribution in [0.5, 0.6) is 0 Å². The smallest absolute Gasteiger partial charge is 0.331 e. The van der Waals surface area contributed by atoms with E-state index in [9.17, 15) is 20.0 Å². The number of aliphatic carboxylic acids is 1. The van der Waals surface area contributed by atoms with Gasteiger partial charge in [0.1, 0.15) is 0 Å². The number of hydrogen-bond acceptors (Lipinski definition) is 6. The van der Waals surface area contributed by atoms with Gasteiger partial charge >= 0.3 is 5.97 Å². The molecule has 0 fully saturated rings. The maximum absolute atomic E-state index is 12.0. The second-order valence-electron chi connectivity index (χ2n) is 8.42. The lowest BCUT2D eigenvalue weighted by Gasteiger charge is -2.38. The van der Waals surface area contributed by atoms with Crippen molar-refractivity contribution in [3.8, 4) is 16.5 Å². The van der Waals surface area contributed by atoms with Crippen LogP contribution in [-0.2, 0) is 20.9 Å². The van der Waals surface area contributed by atoms with Crippen LogP contribution >= 0.6 is 11.3 Å². The van der Waals surface area contributed by atoms with Crippen molar-refractivity contribution in [3.63, 3.8) is 0 Å². The van der Waals surface area contributed by atoms with Gasteiger partial charge in [0, 0.05) is 35.5 Å². The quantitative estimate of drug-likeness (QED) is 0.468. The third kappa shape index (κ3) is 6.32. The molecule has 0 radical (unpaired) electrons. The lowest BCUT2D eigenvalue weighted by Crippen LogP contribution is -2.58. The zero-order chi connectivity index (χ0) is 24.7. The van der Waals surface area contributed by atoms with Crippen LogP contribution in [0.2, 0.25) is 0 Å². The third-order valence-electron chi connectivity index (χ3n) is 6.06. The number of amides is 1. The molecule has 34 heavy (non-hydrogen) atoms. The molecule has 3 rings (SSSR count). The van der Waals surface area contributed by atoms with Crippen molar-refractivity contribution in [2.24, 2.45) is 0 Å². The van der Waals surface area contributed by atoms with Crippen LogP contribution in [0.25, 0.3) is 10.4 Å². The molecule has 1 amide bonds. The summed E-state index contributed by atoms with van der Waals surface area (Å²) >= 11 is 1.58. The average Bonchev–Trinajstić information content (AvgIpc) is 3.36. The fraction of sp³-hybridized carbons (Fsp3) is 0.423. The molecule has 1 aliphatic carbocycles. The maximum atomic E-state index is 12.0. The van der Waals surface area contributed by atoms with E-state index >= 15 is 0 Å². The standard InChI is InChI=1S/C26H31N3O4S/c1-4-20(5-2)33-23-13-18(26(31)32)12-22(25(23)29-16(3)30)28-15-17-8-9-21(19(11-17)14-27)24-7-6-10-34-24/h6-11,13,20,22-23,25,28H,4-5,12,15H2,1-3H3,(H,29,30)(H,31,32)/t22-,23+,25+/m0/s1. The normalized spacial score (nSPS) is 20.0. The minimum atomic E-state index is -0.988. The van der Waals surface area contributed by atoms with Gasteiger partial charge in [-0.05, 0) is 48.4 Å². The predicted molar refractivity (Wildman–Crippen MR) is 132 cm³/mol. The number of carboxylic acid groups (broad SMARTS) is 1. The molecule has 0 aliphatic heterocycles. The van der Waals surface area contributed by atoms with E-state index in [1.54, 1.807) is 17.4 Å². The lowest BCUT2D eigenvalue weighted by atomic mass is 9.87. The summed E-state index contributed by atoms with van der Waals surface area (Å²) in [4.78, 5) is 24.9. The number of ether oxygens (including phenoxy) is 1. The molecule has 1 heterocycles. The second-order valence-corrected chi connectivity index (χ2v) is 9.37. The number of rotatable bonds is 10. The van der Waals surface area contributed by atoms with Crippen molar-refractivity contribution in [1.29, 1.82) is 5.26 Å². The van der Waals surface area contributed by atoms with Gasteiger partial charge in [-0.1, -0.05) is 32.0 Å². The van der Waals surface area contributed by atoms with E-state index in [0.717, 1.165) is 28.8 Å². The van der Waals surface area contributed by atoms with Gasteiger partial charge in [-0.2, -0.15) is 5.26 Å². The highest BCUT2D eigenvalue weighted by Crippen LogP contribution is 2.29. The highest BCUT2D eigenvalue weighted by atomic mass is 32.1. The van der Waals surface area contributed by atoms with E-state index in [-0.39, 0.29) is 30.0 Å². The van der Waals surface area contributed by atoms with Gasteiger partial charge in [-0.25, -0.2) is 4.79 Å². The van der Waals surface area contributed by atoms with Crippen LogP contribution in [0.15, 0.2) is 47.4 Å². The highest BCUT2D eigenvalue weighted by Gasteiger charge is 2.37. The van der Waals surface area contributed by atoms with Gasteiger partial charge in [-0.3, -0.25) is 4.79 Å². The van der Waals surface area contributed by atoms with Crippen molar-refractivity contribution in [2.75, 3.05) is 0 Å². The summed E-state index contributed by atoms with van der Waals surface area (Å²) in [6, 6.07) is 11.2. The van der Waals surface area contributed by atoms with Crippen molar-refractivity contribution >= 4 is 23.2 Å². The maximum Gasteiger partial charge on any atom is 0.331 e. The molecule has 8 heteroatoms. The number of carboxylic acids is 1. The Morgan fingerprint density at radius 1 is 1.29 bits per heavy atom. The monoisotopic (exact) mass is 481 g/mol. The van der Waals surface area contributed by atoms with Crippen LogP contribution < -0.4 is 10.6 Å². The van der Waals surface area contributed by atoms with E-state index in [1.165, 1.54) is 6.92 Å². The van der Waals surface area contributed by atoms with Crippen molar-refractivity contribution in [3.05, 3.63) is 58.5 Å². The second kappa shape index (κ2) is 11.9. The summed E-state index contributed by atoms with van der Waals surface area (Å²) in [6.07, 6.45) is 2.88. The van der Waals surface area contributed by atoms with Crippen molar-refractivity contribution < 1.29 is 19.4 Å². The summed E-state index contributed by atoms with van der Waals surface area (Å²) in [5.41, 5.74) is 2.65. The number of carbonyl (C=O) groups is 2. The number of benzene rings is 1. The van der Waals surface area contributed by atoms with Crippen LogP contribution in [0.3, 0.4) is 0 Å². The summed E-state index contributed by atoms with van der Waals surface area (Å²) in [5.74, 6) is -1.19. The Morgan fingerprint density at radius 2 is 2.06 bits per heavy atom. The molecule has 1 aromatic heterocycles. The van der Waals surface area contributed by atoms with Gasteiger partial charge < -0.3 is 20.5 Å². The molecule has 1 aromatic carbocycles. The van der Waals surface area contributed by atoms with E-state index in [2.05, 4.69) is 16.7 Å².